The van der Waals surface area contributed by atoms with Gasteiger partial charge in [-0.25, -0.2) is 9.78 Å². The standard InChI is InChI=1S/C22H37N7O5/c1-13(2)18(24)20(31)27-15(6-3-4-8-23)19(30)28-16(10-14-11-25-12-26-14)21(32)29-9-5-7-17(29)22(33)34/h11-13,15-18H,3-10,23-24H2,1-2H3,(H,25,26)(H,27,31)(H,28,30)(H,33,34)/t15-,16-,17-,18-/m0/s1. The van der Waals surface area contributed by atoms with Crippen LogP contribution in [0.5, 0.6) is 0 Å². The summed E-state index contributed by atoms with van der Waals surface area (Å²) in [6, 6.07) is -3.65. The van der Waals surface area contributed by atoms with Crippen molar-refractivity contribution >= 4 is 23.7 Å². The van der Waals surface area contributed by atoms with E-state index in [1.54, 1.807) is 0 Å². The summed E-state index contributed by atoms with van der Waals surface area (Å²) >= 11 is 0. The summed E-state index contributed by atoms with van der Waals surface area (Å²) in [5.74, 6) is -2.67. The first-order chi connectivity index (χ1) is 16.1. The number of H-pyrrole nitrogens is 1. The molecule has 4 atom stereocenters. The fourth-order valence-electron chi connectivity index (χ4n) is 3.91. The van der Waals surface area contributed by atoms with E-state index in [-0.39, 0.29) is 12.3 Å². The number of carboxylic acid groups (broad SMARTS) is 1. The zero-order valence-corrected chi connectivity index (χ0v) is 19.8. The molecule has 34 heavy (non-hydrogen) atoms. The molecular weight excluding hydrogens is 442 g/mol. The molecule has 12 heteroatoms. The highest BCUT2D eigenvalue weighted by molar-refractivity contribution is 5.94. The molecule has 0 spiro atoms. The van der Waals surface area contributed by atoms with Crippen LogP contribution in [0.4, 0.5) is 0 Å². The predicted octanol–water partition coefficient (Wildman–Crippen LogP) is -0.890. The van der Waals surface area contributed by atoms with Crippen molar-refractivity contribution < 1.29 is 24.3 Å². The molecular formula is C22H37N7O5. The number of carbonyl (C=O) groups excluding carboxylic acids is 3. The van der Waals surface area contributed by atoms with Gasteiger partial charge < -0.3 is 37.1 Å². The number of aromatic nitrogens is 2. The molecule has 8 N–H and O–H groups in total. The van der Waals surface area contributed by atoms with Gasteiger partial charge in [-0.3, -0.25) is 14.4 Å². The van der Waals surface area contributed by atoms with E-state index in [1.165, 1.54) is 17.4 Å². The van der Waals surface area contributed by atoms with E-state index < -0.39 is 47.9 Å². The largest absolute Gasteiger partial charge is 0.480 e. The average Bonchev–Trinajstić information content (AvgIpc) is 3.49. The van der Waals surface area contributed by atoms with Crippen LogP contribution in [0.25, 0.3) is 0 Å². The fraction of sp³-hybridized carbons (Fsp3) is 0.682. The molecule has 1 aliphatic rings. The maximum Gasteiger partial charge on any atom is 0.326 e. The van der Waals surface area contributed by atoms with Crippen LogP contribution < -0.4 is 22.1 Å². The predicted molar refractivity (Wildman–Crippen MR) is 124 cm³/mol. The highest BCUT2D eigenvalue weighted by Gasteiger charge is 2.38. The SMILES string of the molecule is CC(C)[C@H](N)C(=O)N[C@@H](CCCCN)C(=O)N[C@@H](Cc1cnc[nH]1)C(=O)N1CCC[C@H]1C(=O)O. The first-order valence-corrected chi connectivity index (χ1v) is 11.7. The van der Waals surface area contributed by atoms with Gasteiger partial charge in [0.1, 0.15) is 18.1 Å². The monoisotopic (exact) mass is 479 g/mol. The zero-order chi connectivity index (χ0) is 25.3. The number of aromatic amines is 1. The van der Waals surface area contributed by atoms with Crippen LogP contribution >= 0.6 is 0 Å². The van der Waals surface area contributed by atoms with Gasteiger partial charge in [-0.05, 0) is 44.6 Å². The van der Waals surface area contributed by atoms with E-state index >= 15 is 0 Å². The number of unbranched alkanes of at least 4 members (excludes halogenated alkanes) is 1. The number of amides is 3. The Hall–Kier alpha value is -2.99. The minimum Gasteiger partial charge on any atom is -0.480 e. The van der Waals surface area contributed by atoms with Crippen molar-refractivity contribution in [3.05, 3.63) is 18.2 Å². The van der Waals surface area contributed by atoms with Crippen molar-refractivity contribution in [2.45, 2.75) is 76.5 Å². The van der Waals surface area contributed by atoms with Gasteiger partial charge in [0.15, 0.2) is 0 Å². The third-order valence-corrected chi connectivity index (χ3v) is 6.02. The summed E-state index contributed by atoms with van der Waals surface area (Å²) < 4.78 is 0. The lowest BCUT2D eigenvalue weighted by molar-refractivity contribution is -0.149. The second kappa shape index (κ2) is 13.0. The molecule has 1 aliphatic heterocycles. The minimum absolute atomic E-state index is 0.0996. The molecule has 1 aromatic rings. The van der Waals surface area contributed by atoms with Gasteiger partial charge in [-0.15, -0.1) is 0 Å². The van der Waals surface area contributed by atoms with E-state index in [1.807, 2.05) is 13.8 Å². The van der Waals surface area contributed by atoms with E-state index in [9.17, 15) is 24.3 Å². The van der Waals surface area contributed by atoms with Crippen LogP contribution in [0.1, 0.15) is 51.6 Å². The van der Waals surface area contributed by atoms with Crippen molar-refractivity contribution in [1.29, 1.82) is 0 Å². The molecule has 0 unspecified atom stereocenters. The van der Waals surface area contributed by atoms with E-state index in [0.717, 1.165) is 0 Å². The third kappa shape index (κ3) is 7.52. The number of imidazole rings is 1. The Morgan fingerprint density at radius 2 is 1.91 bits per heavy atom. The highest BCUT2D eigenvalue weighted by Crippen LogP contribution is 2.19. The number of carboxylic acids is 1. The molecule has 0 saturated carbocycles. The van der Waals surface area contributed by atoms with Crippen molar-refractivity contribution in [2.75, 3.05) is 13.1 Å². The normalized spacial score (nSPS) is 18.4. The van der Waals surface area contributed by atoms with Crippen LogP contribution in [-0.2, 0) is 25.6 Å². The molecule has 0 aliphatic carbocycles. The number of nitrogens with two attached hydrogens (primary N) is 2. The maximum absolute atomic E-state index is 13.3. The van der Waals surface area contributed by atoms with Crippen molar-refractivity contribution in [3.63, 3.8) is 0 Å². The minimum atomic E-state index is -1.08. The van der Waals surface area contributed by atoms with Gasteiger partial charge in [-0.1, -0.05) is 13.8 Å². The first kappa shape index (κ1) is 27.3. The average molecular weight is 480 g/mol. The van der Waals surface area contributed by atoms with Gasteiger partial charge in [0.05, 0.1) is 12.4 Å². The van der Waals surface area contributed by atoms with E-state index in [2.05, 4.69) is 20.6 Å². The van der Waals surface area contributed by atoms with Crippen LogP contribution in [0, 0.1) is 5.92 Å². The summed E-state index contributed by atoms with van der Waals surface area (Å²) in [5, 5.41) is 14.9. The van der Waals surface area contributed by atoms with Crippen LogP contribution in [-0.4, -0.2) is 80.9 Å². The number of nitrogens with zero attached hydrogens (tertiary/aromatic N) is 2. The summed E-state index contributed by atoms with van der Waals surface area (Å²) in [6.45, 7) is 4.36. The van der Waals surface area contributed by atoms with Crippen molar-refractivity contribution in [2.24, 2.45) is 17.4 Å². The molecule has 1 aromatic heterocycles. The Morgan fingerprint density at radius 1 is 1.21 bits per heavy atom. The number of hydrogen-bond donors (Lipinski definition) is 6. The summed E-state index contributed by atoms with van der Waals surface area (Å²) in [4.78, 5) is 58.8. The molecule has 0 aromatic carbocycles. The van der Waals surface area contributed by atoms with Gasteiger partial charge in [-0.2, -0.15) is 0 Å². The lowest BCUT2D eigenvalue weighted by Crippen LogP contribution is -2.58. The second-order valence-corrected chi connectivity index (χ2v) is 8.99. The molecule has 12 nitrogen and oxygen atoms in total. The van der Waals surface area contributed by atoms with E-state index in [4.69, 9.17) is 11.5 Å². The number of nitrogens with one attached hydrogen (secondary N) is 3. The number of hydrogen-bond acceptors (Lipinski definition) is 7. The van der Waals surface area contributed by atoms with Crippen LogP contribution in [0.3, 0.4) is 0 Å². The first-order valence-electron chi connectivity index (χ1n) is 11.7. The smallest absolute Gasteiger partial charge is 0.326 e. The molecule has 190 valence electrons. The molecule has 0 radical (unpaired) electrons. The molecule has 3 amide bonds. The summed E-state index contributed by atoms with van der Waals surface area (Å²) in [6.07, 6.45) is 5.60. The lowest BCUT2D eigenvalue weighted by atomic mass is 10.0. The Labute approximate surface area is 199 Å². The van der Waals surface area contributed by atoms with E-state index in [0.29, 0.717) is 50.9 Å². The number of likely N-dealkylation sites (tertiary alicyclic amines) is 1. The quantitative estimate of drug-likeness (QED) is 0.196. The second-order valence-electron chi connectivity index (χ2n) is 8.99. The lowest BCUT2D eigenvalue weighted by Gasteiger charge is -2.29. The molecule has 1 fully saturated rings. The van der Waals surface area contributed by atoms with Gasteiger partial charge in [0, 0.05) is 24.9 Å². The fourth-order valence-corrected chi connectivity index (χ4v) is 3.91. The number of carbonyl (C=O) groups is 4. The molecule has 2 rings (SSSR count). The van der Waals surface area contributed by atoms with Crippen LogP contribution in [0.15, 0.2) is 12.5 Å². The topological polar surface area (TPSA) is 197 Å². The van der Waals surface area contributed by atoms with Gasteiger partial charge in [0.2, 0.25) is 17.7 Å². The molecule has 2 heterocycles. The number of aliphatic carboxylic acids is 1. The summed E-state index contributed by atoms with van der Waals surface area (Å²) in [5.41, 5.74) is 12.1. The number of rotatable bonds is 13. The summed E-state index contributed by atoms with van der Waals surface area (Å²) in [7, 11) is 0. The van der Waals surface area contributed by atoms with Gasteiger partial charge >= 0.3 is 5.97 Å². The van der Waals surface area contributed by atoms with Crippen molar-refractivity contribution in [3.8, 4) is 0 Å². The zero-order valence-electron chi connectivity index (χ0n) is 19.8. The van der Waals surface area contributed by atoms with Gasteiger partial charge in [0.25, 0.3) is 0 Å². The maximum atomic E-state index is 13.3. The van der Waals surface area contributed by atoms with Crippen molar-refractivity contribution in [1.82, 2.24) is 25.5 Å². The molecule has 1 saturated heterocycles. The van der Waals surface area contributed by atoms with Crippen LogP contribution in [0.2, 0.25) is 0 Å². The third-order valence-electron chi connectivity index (χ3n) is 6.02. The molecule has 0 bridgehead atoms. The highest BCUT2D eigenvalue weighted by atomic mass is 16.4. The Balaban J connectivity index is 2.20. The Morgan fingerprint density at radius 3 is 2.50 bits per heavy atom. The Bertz CT molecular complexity index is 830. The Kier molecular flexibility index (Phi) is 10.5.